The van der Waals surface area contributed by atoms with Crippen LogP contribution in [0.4, 0.5) is 0 Å². The monoisotopic (exact) mass is 415 g/mol. The van der Waals surface area contributed by atoms with E-state index in [4.69, 9.17) is 9.47 Å². The molecule has 1 N–H and O–H groups in total. The Kier molecular flexibility index (Phi) is 6.34. The SMILES string of the molecule is CCOC(=O)c1sc2nc([C@H](C)N(C)Cc3ccc(OC)cc3)[nH]c(=O)c2c1C. The molecule has 8 heteroatoms. The summed E-state index contributed by atoms with van der Waals surface area (Å²) in [5, 5.41) is 0.451. The van der Waals surface area contributed by atoms with Crippen molar-refractivity contribution in [2.24, 2.45) is 0 Å². The second-order valence-electron chi connectivity index (χ2n) is 6.85. The number of rotatable bonds is 7. The summed E-state index contributed by atoms with van der Waals surface area (Å²) >= 11 is 1.20. The number of fused-ring (bicyclic) bond motifs is 1. The third-order valence-electron chi connectivity index (χ3n) is 4.93. The van der Waals surface area contributed by atoms with Crippen LogP contribution in [0.15, 0.2) is 29.1 Å². The van der Waals surface area contributed by atoms with Crippen LogP contribution in [-0.4, -0.2) is 41.6 Å². The topological polar surface area (TPSA) is 84.5 Å². The van der Waals surface area contributed by atoms with Gasteiger partial charge in [-0.15, -0.1) is 11.3 Å². The zero-order chi connectivity index (χ0) is 21.1. The van der Waals surface area contributed by atoms with E-state index in [0.29, 0.717) is 33.0 Å². The molecular formula is C21H25N3O4S. The standard InChI is InChI=1S/C21H25N3O4S/c1-6-28-21(26)17-12(2)16-19(25)22-18(23-20(16)29-17)13(3)24(4)11-14-7-9-15(27-5)10-8-14/h7-10,13H,6,11H2,1-5H3,(H,22,23,25)/t13-/m0/s1. The number of nitrogens with one attached hydrogen (secondary N) is 1. The summed E-state index contributed by atoms with van der Waals surface area (Å²) in [6, 6.07) is 7.74. The van der Waals surface area contributed by atoms with E-state index in [1.54, 1.807) is 21.0 Å². The third kappa shape index (κ3) is 4.33. The molecule has 2 aromatic heterocycles. The van der Waals surface area contributed by atoms with Crippen LogP contribution in [0.3, 0.4) is 0 Å². The second-order valence-corrected chi connectivity index (χ2v) is 7.85. The largest absolute Gasteiger partial charge is 0.497 e. The van der Waals surface area contributed by atoms with Gasteiger partial charge in [-0.1, -0.05) is 12.1 Å². The molecule has 1 aromatic carbocycles. The van der Waals surface area contributed by atoms with Crippen molar-refractivity contribution in [3.8, 4) is 5.75 Å². The molecule has 0 saturated heterocycles. The van der Waals surface area contributed by atoms with E-state index in [1.807, 2.05) is 38.2 Å². The van der Waals surface area contributed by atoms with Gasteiger partial charge in [0.25, 0.3) is 5.56 Å². The number of ether oxygens (including phenoxy) is 2. The molecule has 0 spiro atoms. The van der Waals surface area contributed by atoms with Crippen molar-refractivity contribution < 1.29 is 14.3 Å². The molecule has 3 rings (SSSR count). The fraction of sp³-hybridized carbons (Fsp3) is 0.381. The number of benzene rings is 1. The molecule has 154 valence electrons. The molecule has 0 aliphatic heterocycles. The number of esters is 1. The van der Waals surface area contributed by atoms with E-state index in [1.165, 1.54) is 11.3 Å². The highest BCUT2D eigenvalue weighted by atomic mass is 32.1. The molecule has 0 amide bonds. The highest BCUT2D eigenvalue weighted by Gasteiger charge is 2.22. The number of methoxy groups -OCH3 is 1. The first-order chi connectivity index (χ1) is 13.8. The molecule has 0 radical (unpaired) electrons. The number of H-pyrrole nitrogens is 1. The number of aromatic nitrogens is 2. The fourth-order valence-corrected chi connectivity index (χ4v) is 4.20. The van der Waals surface area contributed by atoms with Crippen molar-refractivity contribution >= 4 is 27.5 Å². The molecule has 1 atom stereocenters. The van der Waals surface area contributed by atoms with Crippen LogP contribution in [0.25, 0.3) is 10.2 Å². The highest BCUT2D eigenvalue weighted by molar-refractivity contribution is 7.20. The van der Waals surface area contributed by atoms with Crippen LogP contribution in [0.2, 0.25) is 0 Å². The predicted molar refractivity (Wildman–Crippen MR) is 114 cm³/mol. The van der Waals surface area contributed by atoms with Gasteiger partial charge >= 0.3 is 5.97 Å². The number of aromatic amines is 1. The minimum absolute atomic E-state index is 0.123. The van der Waals surface area contributed by atoms with E-state index < -0.39 is 5.97 Å². The van der Waals surface area contributed by atoms with Crippen LogP contribution in [0.1, 0.15) is 46.5 Å². The van der Waals surface area contributed by atoms with Gasteiger partial charge in [-0.2, -0.15) is 0 Å². The van der Waals surface area contributed by atoms with E-state index in [-0.39, 0.29) is 18.2 Å². The maximum absolute atomic E-state index is 12.7. The van der Waals surface area contributed by atoms with Crippen molar-refractivity contribution in [1.82, 2.24) is 14.9 Å². The summed E-state index contributed by atoms with van der Waals surface area (Å²) in [6.45, 7) is 6.46. The lowest BCUT2D eigenvalue weighted by atomic mass is 10.1. The summed E-state index contributed by atoms with van der Waals surface area (Å²) in [4.78, 5) is 35.5. The van der Waals surface area contributed by atoms with Crippen molar-refractivity contribution in [3.63, 3.8) is 0 Å². The number of nitrogens with zero attached hydrogens (tertiary/aromatic N) is 2. The number of thiophene rings is 1. The van der Waals surface area contributed by atoms with Crippen LogP contribution in [0, 0.1) is 6.92 Å². The lowest BCUT2D eigenvalue weighted by molar-refractivity contribution is 0.0531. The van der Waals surface area contributed by atoms with Gasteiger partial charge < -0.3 is 14.5 Å². The number of carbonyl (C=O) groups is 1. The van der Waals surface area contributed by atoms with Crippen molar-refractivity contribution in [1.29, 1.82) is 0 Å². The average molecular weight is 416 g/mol. The Morgan fingerprint density at radius 1 is 1.31 bits per heavy atom. The number of carbonyl (C=O) groups excluding carboxylic acids is 1. The molecular weight excluding hydrogens is 390 g/mol. The molecule has 7 nitrogen and oxygen atoms in total. The summed E-state index contributed by atoms with van der Waals surface area (Å²) in [7, 11) is 3.61. The normalized spacial score (nSPS) is 12.3. The van der Waals surface area contributed by atoms with Crippen LogP contribution >= 0.6 is 11.3 Å². The van der Waals surface area contributed by atoms with Crippen molar-refractivity contribution in [2.75, 3.05) is 20.8 Å². The first-order valence-corrected chi connectivity index (χ1v) is 10.2. The van der Waals surface area contributed by atoms with E-state index in [9.17, 15) is 9.59 Å². The van der Waals surface area contributed by atoms with Crippen molar-refractivity contribution in [2.45, 2.75) is 33.4 Å². The zero-order valence-electron chi connectivity index (χ0n) is 17.2. The van der Waals surface area contributed by atoms with Gasteiger partial charge in [-0.25, -0.2) is 9.78 Å². The third-order valence-corrected chi connectivity index (χ3v) is 6.09. The van der Waals surface area contributed by atoms with E-state index in [2.05, 4.69) is 14.9 Å². The van der Waals surface area contributed by atoms with E-state index >= 15 is 0 Å². The fourth-order valence-electron chi connectivity index (χ4n) is 3.11. The maximum Gasteiger partial charge on any atom is 0.348 e. The van der Waals surface area contributed by atoms with Crippen LogP contribution < -0.4 is 10.3 Å². The Morgan fingerprint density at radius 3 is 2.62 bits per heavy atom. The molecule has 0 bridgehead atoms. The van der Waals surface area contributed by atoms with Gasteiger partial charge in [0.1, 0.15) is 21.3 Å². The Morgan fingerprint density at radius 2 is 2.00 bits per heavy atom. The Hall–Kier alpha value is -2.71. The van der Waals surface area contributed by atoms with Gasteiger partial charge in [-0.3, -0.25) is 9.69 Å². The van der Waals surface area contributed by atoms with Gasteiger partial charge in [0, 0.05) is 6.54 Å². The first-order valence-electron chi connectivity index (χ1n) is 9.39. The highest BCUT2D eigenvalue weighted by Crippen LogP contribution is 2.29. The molecule has 0 aliphatic carbocycles. The molecule has 2 heterocycles. The smallest absolute Gasteiger partial charge is 0.348 e. The van der Waals surface area contributed by atoms with Crippen molar-refractivity contribution in [3.05, 3.63) is 56.4 Å². The minimum atomic E-state index is -0.418. The minimum Gasteiger partial charge on any atom is -0.497 e. The molecule has 0 saturated carbocycles. The maximum atomic E-state index is 12.7. The Bertz CT molecular complexity index is 1070. The van der Waals surface area contributed by atoms with E-state index in [0.717, 1.165) is 11.3 Å². The van der Waals surface area contributed by atoms with Crippen LogP contribution in [0.5, 0.6) is 5.75 Å². The summed E-state index contributed by atoms with van der Waals surface area (Å²) in [5.41, 5.74) is 1.50. The van der Waals surface area contributed by atoms with Gasteiger partial charge in [0.2, 0.25) is 0 Å². The van der Waals surface area contributed by atoms with Crippen LogP contribution in [-0.2, 0) is 11.3 Å². The number of hydrogen-bond donors (Lipinski definition) is 1. The molecule has 3 aromatic rings. The number of aryl methyl sites for hydroxylation is 1. The van der Waals surface area contributed by atoms with Gasteiger partial charge in [0.05, 0.1) is 25.1 Å². The molecule has 0 fully saturated rings. The quantitative estimate of drug-likeness (QED) is 0.593. The average Bonchev–Trinajstić information content (AvgIpc) is 3.05. The lowest BCUT2D eigenvalue weighted by Crippen LogP contribution is -2.25. The Labute approximate surface area is 173 Å². The second kappa shape index (κ2) is 8.75. The summed E-state index contributed by atoms with van der Waals surface area (Å²) < 4.78 is 10.3. The van der Waals surface area contributed by atoms with Gasteiger partial charge in [-0.05, 0) is 51.1 Å². The summed E-state index contributed by atoms with van der Waals surface area (Å²) in [5.74, 6) is 0.958. The molecule has 0 unspecified atom stereocenters. The lowest BCUT2D eigenvalue weighted by Gasteiger charge is -2.24. The summed E-state index contributed by atoms with van der Waals surface area (Å²) in [6.07, 6.45) is 0. The molecule has 29 heavy (non-hydrogen) atoms. The molecule has 0 aliphatic rings. The Balaban J connectivity index is 1.88. The first kappa shape index (κ1) is 21.0. The van der Waals surface area contributed by atoms with Gasteiger partial charge in [0.15, 0.2) is 0 Å². The number of hydrogen-bond acceptors (Lipinski definition) is 7. The predicted octanol–water partition coefficient (Wildman–Crippen LogP) is 3.67. The zero-order valence-corrected chi connectivity index (χ0v) is 18.1.